The summed E-state index contributed by atoms with van der Waals surface area (Å²) in [5, 5.41) is 3.34. The second kappa shape index (κ2) is 3.75. The van der Waals surface area contributed by atoms with Crippen molar-refractivity contribution in [3.8, 4) is 0 Å². The number of nitrogens with one attached hydrogen (secondary N) is 1. The van der Waals surface area contributed by atoms with E-state index < -0.39 is 0 Å². The van der Waals surface area contributed by atoms with E-state index in [2.05, 4.69) is 31.0 Å². The van der Waals surface area contributed by atoms with E-state index in [1.165, 1.54) is 25.9 Å². The predicted molar refractivity (Wildman–Crippen MR) is 53.4 cm³/mol. The molecule has 0 aromatic rings. The average Bonchev–Trinajstić information content (AvgIpc) is 2.55. The molecule has 0 bridgehead atoms. The molecule has 0 spiro atoms. The molecule has 0 amide bonds. The molecule has 2 nitrogen and oxygen atoms in total. The van der Waals surface area contributed by atoms with E-state index in [1.54, 1.807) is 0 Å². The molecular formula is C10H22N2. The maximum atomic E-state index is 3.34. The van der Waals surface area contributed by atoms with Gasteiger partial charge in [0.1, 0.15) is 0 Å². The molecule has 1 fully saturated rings. The van der Waals surface area contributed by atoms with E-state index >= 15 is 0 Å². The molecule has 0 saturated carbocycles. The Balaban J connectivity index is 2.56. The van der Waals surface area contributed by atoms with Crippen LogP contribution in [0.25, 0.3) is 0 Å². The highest BCUT2D eigenvalue weighted by molar-refractivity contribution is 4.92. The monoisotopic (exact) mass is 170 g/mol. The number of hydrogen-bond donors (Lipinski definition) is 1. The summed E-state index contributed by atoms with van der Waals surface area (Å²) >= 11 is 0. The first-order valence-corrected chi connectivity index (χ1v) is 5.01. The van der Waals surface area contributed by atoms with Gasteiger partial charge in [0.2, 0.25) is 0 Å². The molecule has 1 rings (SSSR count). The minimum absolute atomic E-state index is 0.311. The zero-order chi connectivity index (χ0) is 9.19. The highest BCUT2D eigenvalue weighted by atomic mass is 15.2. The second-order valence-electron chi connectivity index (χ2n) is 4.36. The summed E-state index contributed by atoms with van der Waals surface area (Å²) in [7, 11) is 2.04. The van der Waals surface area contributed by atoms with E-state index in [0.717, 1.165) is 0 Å². The first-order valence-electron chi connectivity index (χ1n) is 5.01. The van der Waals surface area contributed by atoms with Crippen molar-refractivity contribution >= 4 is 0 Å². The summed E-state index contributed by atoms with van der Waals surface area (Å²) < 4.78 is 0. The van der Waals surface area contributed by atoms with Crippen molar-refractivity contribution in [2.24, 2.45) is 0 Å². The van der Waals surface area contributed by atoms with Crippen LogP contribution in [0.3, 0.4) is 0 Å². The van der Waals surface area contributed by atoms with Crippen LogP contribution in [0, 0.1) is 0 Å². The largest absolute Gasteiger partial charge is 0.315 e. The van der Waals surface area contributed by atoms with E-state index in [-0.39, 0.29) is 0 Å². The molecule has 1 N–H and O–H groups in total. The van der Waals surface area contributed by atoms with Gasteiger partial charge >= 0.3 is 0 Å². The fourth-order valence-electron chi connectivity index (χ4n) is 1.92. The molecule has 1 aliphatic heterocycles. The number of hydrogen-bond acceptors (Lipinski definition) is 2. The van der Waals surface area contributed by atoms with E-state index in [0.29, 0.717) is 11.6 Å². The standard InChI is InChI=1S/C10H22N2/c1-9(11-4)10(2,3)12-7-5-6-8-12/h9,11H,5-8H2,1-4H3. The molecule has 0 aromatic carbocycles. The lowest BCUT2D eigenvalue weighted by molar-refractivity contribution is 0.118. The van der Waals surface area contributed by atoms with Crippen molar-refractivity contribution in [2.45, 2.75) is 45.2 Å². The topological polar surface area (TPSA) is 15.3 Å². The van der Waals surface area contributed by atoms with Crippen LogP contribution in [0.2, 0.25) is 0 Å². The summed E-state index contributed by atoms with van der Waals surface area (Å²) in [6.07, 6.45) is 2.75. The molecule has 1 unspecified atom stereocenters. The second-order valence-corrected chi connectivity index (χ2v) is 4.36. The molecule has 12 heavy (non-hydrogen) atoms. The Morgan fingerprint density at radius 2 is 1.75 bits per heavy atom. The Morgan fingerprint density at radius 3 is 2.17 bits per heavy atom. The van der Waals surface area contributed by atoms with Gasteiger partial charge in [0.15, 0.2) is 0 Å². The number of likely N-dealkylation sites (N-methyl/N-ethyl adjacent to an activating group) is 1. The van der Waals surface area contributed by atoms with Crippen LogP contribution in [-0.4, -0.2) is 36.6 Å². The van der Waals surface area contributed by atoms with Crippen LogP contribution < -0.4 is 5.32 Å². The third-order valence-electron chi connectivity index (χ3n) is 3.41. The van der Waals surface area contributed by atoms with Gasteiger partial charge in [0, 0.05) is 11.6 Å². The summed E-state index contributed by atoms with van der Waals surface area (Å²) in [6, 6.07) is 0.565. The third kappa shape index (κ3) is 1.80. The van der Waals surface area contributed by atoms with Gasteiger partial charge in [0.25, 0.3) is 0 Å². The minimum Gasteiger partial charge on any atom is -0.315 e. The maximum Gasteiger partial charge on any atom is 0.0303 e. The number of rotatable bonds is 3. The normalized spacial score (nSPS) is 23.0. The van der Waals surface area contributed by atoms with Gasteiger partial charge < -0.3 is 5.32 Å². The highest BCUT2D eigenvalue weighted by Crippen LogP contribution is 2.23. The van der Waals surface area contributed by atoms with Crippen LogP contribution in [0.4, 0.5) is 0 Å². The number of likely N-dealkylation sites (tertiary alicyclic amines) is 1. The van der Waals surface area contributed by atoms with Crippen molar-refractivity contribution in [3.63, 3.8) is 0 Å². The van der Waals surface area contributed by atoms with Crippen LogP contribution >= 0.6 is 0 Å². The Labute approximate surface area is 76.3 Å². The van der Waals surface area contributed by atoms with Crippen molar-refractivity contribution in [2.75, 3.05) is 20.1 Å². The summed E-state index contributed by atoms with van der Waals surface area (Å²) in [4.78, 5) is 2.59. The minimum atomic E-state index is 0.311. The smallest absolute Gasteiger partial charge is 0.0303 e. The molecular weight excluding hydrogens is 148 g/mol. The van der Waals surface area contributed by atoms with Crippen LogP contribution in [-0.2, 0) is 0 Å². The van der Waals surface area contributed by atoms with Crippen molar-refractivity contribution in [3.05, 3.63) is 0 Å². The lowest BCUT2D eigenvalue weighted by atomic mass is 9.94. The molecule has 1 atom stereocenters. The SMILES string of the molecule is CNC(C)C(C)(C)N1CCCC1. The van der Waals surface area contributed by atoms with Crippen molar-refractivity contribution in [1.82, 2.24) is 10.2 Å². The van der Waals surface area contributed by atoms with E-state index in [4.69, 9.17) is 0 Å². The van der Waals surface area contributed by atoms with Crippen LogP contribution in [0.5, 0.6) is 0 Å². The van der Waals surface area contributed by atoms with Gasteiger partial charge in [-0.05, 0) is 53.8 Å². The van der Waals surface area contributed by atoms with Gasteiger partial charge in [0.05, 0.1) is 0 Å². The molecule has 1 saturated heterocycles. The molecule has 1 heterocycles. The Bertz CT molecular complexity index is 137. The summed E-state index contributed by atoms with van der Waals surface area (Å²) in [5.74, 6) is 0. The Hall–Kier alpha value is -0.0800. The molecule has 0 radical (unpaired) electrons. The van der Waals surface area contributed by atoms with Crippen LogP contribution in [0.1, 0.15) is 33.6 Å². The molecule has 0 aromatic heterocycles. The van der Waals surface area contributed by atoms with Crippen molar-refractivity contribution in [1.29, 1.82) is 0 Å². The predicted octanol–water partition coefficient (Wildman–Crippen LogP) is 1.47. The molecule has 0 aliphatic carbocycles. The lowest BCUT2D eigenvalue weighted by Crippen LogP contribution is -2.54. The maximum absolute atomic E-state index is 3.34. The Kier molecular flexibility index (Phi) is 3.13. The quantitative estimate of drug-likeness (QED) is 0.690. The zero-order valence-electron chi connectivity index (χ0n) is 8.85. The molecule has 2 heteroatoms. The van der Waals surface area contributed by atoms with Gasteiger partial charge in [-0.2, -0.15) is 0 Å². The third-order valence-corrected chi connectivity index (χ3v) is 3.41. The van der Waals surface area contributed by atoms with Crippen LogP contribution in [0.15, 0.2) is 0 Å². The van der Waals surface area contributed by atoms with Gasteiger partial charge in [-0.15, -0.1) is 0 Å². The van der Waals surface area contributed by atoms with E-state index in [1.807, 2.05) is 7.05 Å². The summed E-state index contributed by atoms with van der Waals surface area (Å²) in [5.41, 5.74) is 0.311. The molecule has 72 valence electrons. The zero-order valence-corrected chi connectivity index (χ0v) is 8.85. The fraction of sp³-hybridized carbons (Fsp3) is 1.00. The number of nitrogens with zero attached hydrogens (tertiary/aromatic N) is 1. The van der Waals surface area contributed by atoms with E-state index in [9.17, 15) is 0 Å². The fourth-order valence-corrected chi connectivity index (χ4v) is 1.92. The summed E-state index contributed by atoms with van der Waals surface area (Å²) in [6.45, 7) is 9.48. The first kappa shape index (κ1) is 10.0. The van der Waals surface area contributed by atoms with Gasteiger partial charge in [-0.3, -0.25) is 4.90 Å². The lowest BCUT2D eigenvalue weighted by Gasteiger charge is -2.40. The van der Waals surface area contributed by atoms with Gasteiger partial charge in [-0.25, -0.2) is 0 Å². The van der Waals surface area contributed by atoms with Crippen molar-refractivity contribution < 1.29 is 0 Å². The first-order chi connectivity index (χ1) is 5.59. The average molecular weight is 170 g/mol. The molecule has 1 aliphatic rings. The van der Waals surface area contributed by atoms with Gasteiger partial charge in [-0.1, -0.05) is 0 Å². The highest BCUT2D eigenvalue weighted by Gasteiger charge is 2.33. The Morgan fingerprint density at radius 1 is 1.25 bits per heavy atom.